The van der Waals surface area contributed by atoms with Gasteiger partial charge in [-0.3, -0.25) is 0 Å². The Labute approximate surface area is 185 Å². The van der Waals surface area contributed by atoms with Crippen LogP contribution in [0.25, 0.3) is 22.0 Å². The van der Waals surface area contributed by atoms with Crippen molar-refractivity contribution in [2.24, 2.45) is 0 Å². The number of nitrogens with zero attached hydrogens (tertiary/aromatic N) is 1. The van der Waals surface area contributed by atoms with Crippen molar-refractivity contribution in [3.05, 3.63) is 89.2 Å². The number of carboxylic acids is 1. The predicted molar refractivity (Wildman–Crippen MR) is 127 cm³/mol. The highest BCUT2D eigenvalue weighted by atomic mass is 19.1. The summed E-state index contributed by atoms with van der Waals surface area (Å²) in [5.74, 6) is -0.564. The maximum atomic E-state index is 13.5. The third kappa shape index (κ3) is 4.12. The van der Waals surface area contributed by atoms with Crippen molar-refractivity contribution in [3.8, 4) is 11.1 Å². The molecule has 0 aliphatic carbocycles. The summed E-state index contributed by atoms with van der Waals surface area (Å²) in [6, 6.07) is 19.2. The summed E-state index contributed by atoms with van der Waals surface area (Å²) in [4.78, 5) is 16.4. The van der Waals surface area contributed by atoms with Gasteiger partial charge in [0.05, 0.1) is 11.1 Å². The smallest absolute Gasteiger partial charge is 0.337 e. The molecule has 1 unspecified atom stereocenters. The molecule has 0 amide bonds. The van der Waals surface area contributed by atoms with Crippen LogP contribution in [0.4, 0.5) is 15.9 Å². The Kier molecular flexibility index (Phi) is 5.77. The number of halogens is 1. The zero-order chi connectivity index (χ0) is 22.8. The van der Waals surface area contributed by atoms with Gasteiger partial charge in [-0.2, -0.15) is 0 Å². The molecule has 1 aromatic heterocycles. The van der Waals surface area contributed by atoms with E-state index in [9.17, 15) is 14.3 Å². The molecular formula is C26H24FN3O2. The van der Waals surface area contributed by atoms with Crippen molar-refractivity contribution in [2.45, 2.75) is 19.9 Å². The molecule has 32 heavy (non-hydrogen) atoms. The second kappa shape index (κ2) is 8.67. The predicted octanol–water partition coefficient (Wildman–Crippen LogP) is 6.26. The highest BCUT2D eigenvalue weighted by Crippen LogP contribution is 2.35. The summed E-state index contributed by atoms with van der Waals surface area (Å²) >= 11 is 0. The molecule has 0 saturated heterocycles. The first-order valence-corrected chi connectivity index (χ1v) is 10.3. The van der Waals surface area contributed by atoms with Gasteiger partial charge in [0.2, 0.25) is 0 Å². The van der Waals surface area contributed by atoms with Gasteiger partial charge in [0, 0.05) is 29.7 Å². The molecule has 3 N–H and O–H groups in total. The van der Waals surface area contributed by atoms with Crippen LogP contribution in [0.15, 0.2) is 66.7 Å². The average Bonchev–Trinajstić information content (AvgIpc) is 2.78. The van der Waals surface area contributed by atoms with Gasteiger partial charge in [0.15, 0.2) is 0 Å². The molecule has 0 fully saturated rings. The Morgan fingerprint density at radius 1 is 1.06 bits per heavy atom. The summed E-state index contributed by atoms with van der Waals surface area (Å²) in [6.07, 6.45) is 0. The number of aryl methyl sites for hydroxylation is 1. The maximum absolute atomic E-state index is 13.5. The van der Waals surface area contributed by atoms with Crippen LogP contribution in [0.5, 0.6) is 0 Å². The van der Waals surface area contributed by atoms with Crippen LogP contribution in [0.1, 0.15) is 34.5 Å². The second-order valence-corrected chi connectivity index (χ2v) is 7.78. The fourth-order valence-corrected chi connectivity index (χ4v) is 3.95. The van der Waals surface area contributed by atoms with E-state index in [0.717, 1.165) is 33.2 Å². The first-order chi connectivity index (χ1) is 15.4. The zero-order valence-electron chi connectivity index (χ0n) is 18.1. The number of para-hydroxylation sites is 1. The number of hydrogen-bond acceptors (Lipinski definition) is 4. The molecule has 0 aliphatic rings. The van der Waals surface area contributed by atoms with Crippen molar-refractivity contribution < 1.29 is 14.3 Å². The lowest BCUT2D eigenvalue weighted by Crippen LogP contribution is -2.11. The number of aromatic nitrogens is 1. The molecule has 0 spiro atoms. The molecule has 162 valence electrons. The van der Waals surface area contributed by atoms with E-state index < -0.39 is 5.97 Å². The van der Waals surface area contributed by atoms with Gasteiger partial charge < -0.3 is 15.7 Å². The van der Waals surface area contributed by atoms with E-state index >= 15 is 0 Å². The SMILES string of the molecule is CNc1nc2cc(C)cc(C(C)Nc3ccccc3C(=O)O)c2cc1-c1ccc(F)cc1. The minimum absolute atomic E-state index is 0.179. The molecule has 6 heteroatoms. The van der Waals surface area contributed by atoms with E-state index in [0.29, 0.717) is 11.5 Å². The lowest BCUT2D eigenvalue weighted by atomic mass is 9.96. The van der Waals surface area contributed by atoms with Gasteiger partial charge in [0.25, 0.3) is 0 Å². The van der Waals surface area contributed by atoms with Crippen molar-refractivity contribution in [1.82, 2.24) is 4.98 Å². The minimum atomic E-state index is -0.978. The van der Waals surface area contributed by atoms with Crippen LogP contribution in [0.2, 0.25) is 0 Å². The monoisotopic (exact) mass is 429 g/mol. The minimum Gasteiger partial charge on any atom is -0.478 e. The third-order valence-corrected chi connectivity index (χ3v) is 5.50. The summed E-state index contributed by atoms with van der Waals surface area (Å²) in [7, 11) is 1.81. The lowest BCUT2D eigenvalue weighted by Gasteiger charge is -2.21. The molecule has 0 bridgehead atoms. The molecule has 1 heterocycles. The first kappa shape index (κ1) is 21.3. The van der Waals surface area contributed by atoms with Gasteiger partial charge in [-0.1, -0.05) is 30.3 Å². The summed E-state index contributed by atoms with van der Waals surface area (Å²) in [6.45, 7) is 4.01. The fourth-order valence-electron chi connectivity index (χ4n) is 3.95. The number of benzene rings is 3. The van der Waals surface area contributed by atoms with Gasteiger partial charge in [-0.05, 0) is 66.9 Å². The van der Waals surface area contributed by atoms with Crippen molar-refractivity contribution in [2.75, 3.05) is 17.7 Å². The molecule has 5 nitrogen and oxygen atoms in total. The van der Waals surface area contributed by atoms with E-state index in [4.69, 9.17) is 4.98 Å². The van der Waals surface area contributed by atoms with Crippen LogP contribution >= 0.6 is 0 Å². The summed E-state index contributed by atoms with van der Waals surface area (Å²) in [5, 5.41) is 17.0. The second-order valence-electron chi connectivity index (χ2n) is 7.78. The third-order valence-electron chi connectivity index (χ3n) is 5.50. The number of fused-ring (bicyclic) bond motifs is 1. The maximum Gasteiger partial charge on any atom is 0.337 e. The molecule has 0 radical (unpaired) electrons. The van der Waals surface area contributed by atoms with Gasteiger partial charge in [-0.15, -0.1) is 0 Å². The number of rotatable bonds is 6. The Morgan fingerprint density at radius 2 is 1.78 bits per heavy atom. The Hall–Kier alpha value is -3.93. The van der Waals surface area contributed by atoms with E-state index in [1.165, 1.54) is 12.1 Å². The van der Waals surface area contributed by atoms with Gasteiger partial charge in [0.1, 0.15) is 11.6 Å². The molecule has 1 atom stereocenters. The molecular weight excluding hydrogens is 405 g/mol. The Balaban J connectivity index is 1.85. The Morgan fingerprint density at radius 3 is 2.47 bits per heavy atom. The van der Waals surface area contributed by atoms with Gasteiger partial charge in [-0.25, -0.2) is 14.2 Å². The number of hydrogen-bond donors (Lipinski definition) is 3. The molecule has 4 rings (SSSR count). The molecule has 3 aromatic carbocycles. The zero-order valence-corrected chi connectivity index (χ0v) is 18.1. The molecule has 0 aliphatic heterocycles. The number of aromatic carboxylic acids is 1. The van der Waals surface area contributed by atoms with Crippen molar-refractivity contribution >= 4 is 28.4 Å². The van der Waals surface area contributed by atoms with E-state index in [2.05, 4.69) is 22.8 Å². The van der Waals surface area contributed by atoms with E-state index in [1.807, 2.05) is 33.0 Å². The van der Waals surface area contributed by atoms with Crippen molar-refractivity contribution in [3.63, 3.8) is 0 Å². The Bertz CT molecular complexity index is 1300. The van der Waals surface area contributed by atoms with Crippen LogP contribution < -0.4 is 10.6 Å². The fraction of sp³-hybridized carbons (Fsp3) is 0.154. The topological polar surface area (TPSA) is 74.2 Å². The van der Waals surface area contributed by atoms with Crippen LogP contribution in [-0.2, 0) is 0 Å². The highest BCUT2D eigenvalue weighted by molar-refractivity contribution is 5.95. The van der Waals surface area contributed by atoms with E-state index in [-0.39, 0.29) is 17.4 Å². The van der Waals surface area contributed by atoms with Crippen LogP contribution in [0, 0.1) is 12.7 Å². The number of carbonyl (C=O) groups is 1. The number of nitrogens with one attached hydrogen (secondary N) is 2. The summed E-state index contributed by atoms with van der Waals surface area (Å²) in [5.41, 5.74) is 5.38. The molecule has 0 saturated carbocycles. The highest BCUT2D eigenvalue weighted by Gasteiger charge is 2.17. The standard InChI is InChI=1S/C26H24FN3O2/c1-15-12-20(16(2)29-23-7-5-4-6-19(23)26(31)32)22-14-21(17-8-10-18(27)11-9-17)25(28-3)30-24(22)13-15/h4-14,16,29H,1-3H3,(H,28,30)(H,31,32). The number of carboxylic acid groups (broad SMARTS) is 1. The van der Waals surface area contributed by atoms with E-state index in [1.54, 1.807) is 30.3 Å². The number of anilines is 2. The largest absolute Gasteiger partial charge is 0.478 e. The average molecular weight is 429 g/mol. The van der Waals surface area contributed by atoms with Gasteiger partial charge >= 0.3 is 5.97 Å². The number of pyridine rings is 1. The summed E-state index contributed by atoms with van der Waals surface area (Å²) < 4.78 is 13.5. The normalized spacial score (nSPS) is 11.9. The van der Waals surface area contributed by atoms with Crippen LogP contribution in [0.3, 0.4) is 0 Å². The first-order valence-electron chi connectivity index (χ1n) is 10.3. The van der Waals surface area contributed by atoms with Crippen LogP contribution in [-0.4, -0.2) is 23.1 Å². The lowest BCUT2D eigenvalue weighted by molar-refractivity contribution is 0.0698. The molecule has 4 aromatic rings. The quantitative estimate of drug-likeness (QED) is 0.337. The van der Waals surface area contributed by atoms with Crippen molar-refractivity contribution in [1.29, 1.82) is 0 Å².